The van der Waals surface area contributed by atoms with Gasteiger partial charge in [-0.15, -0.1) is 0 Å². The summed E-state index contributed by atoms with van der Waals surface area (Å²) in [5.41, 5.74) is 17.2. The molecule has 0 radical (unpaired) electrons. The molecule has 0 bridgehead atoms. The zero-order valence-corrected chi connectivity index (χ0v) is 30.5. The molecule has 0 N–H and O–H groups in total. The summed E-state index contributed by atoms with van der Waals surface area (Å²) in [5.74, 6) is 0.699. The van der Waals surface area contributed by atoms with Gasteiger partial charge >= 0.3 is 0 Å². The van der Waals surface area contributed by atoms with Crippen LogP contribution >= 0.6 is 0 Å². The molecule has 7 aromatic carbocycles. The fraction of sp³-hybridized carbons (Fsp3) is 0.115. The first-order valence-corrected chi connectivity index (χ1v) is 19.5. The van der Waals surface area contributed by atoms with E-state index in [9.17, 15) is 0 Å². The monoisotopic (exact) mass is 706 g/mol. The van der Waals surface area contributed by atoms with Gasteiger partial charge in [0, 0.05) is 38.4 Å². The Morgan fingerprint density at radius 1 is 0.400 bits per heavy atom. The largest absolute Gasteiger partial charge is 0.455 e. The average Bonchev–Trinajstić information content (AvgIpc) is 3.77. The van der Waals surface area contributed by atoms with E-state index in [1.165, 1.54) is 71.0 Å². The van der Waals surface area contributed by atoms with Crippen molar-refractivity contribution in [1.29, 1.82) is 0 Å². The molecular weight excluding hydrogens is 669 g/mol. The van der Waals surface area contributed by atoms with E-state index < -0.39 is 0 Å². The lowest BCUT2D eigenvalue weighted by atomic mass is 9.67. The van der Waals surface area contributed by atoms with E-state index in [1.54, 1.807) is 0 Å². The first-order valence-electron chi connectivity index (χ1n) is 19.5. The second-order valence-electron chi connectivity index (χ2n) is 15.2. The second-order valence-corrected chi connectivity index (χ2v) is 15.2. The fourth-order valence-electron chi connectivity index (χ4n) is 9.43. The van der Waals surface area contributed by atoms with Crippen molar-refractivity contribution in [3.8, 4) is 67.3 Å². The molecule has 1 spiro atoms. The van der Waals surface area contributed by atoms with Crippen molar-refractivity contribution in [2.45, 2.75) is 37.5 Å². The van der Waals surface area contributed by atoms with Crippen LogP contribution in [0.5, 0.6) is 0 Å². The molecular formula is C52H38N2O. The Balaban J connectivity index is 1.02. The lowest BCUT2D eigenvalue weighted by Gasteiger charge is -2.36. The zero-order chi connectivity index (χ0) is 36.3. The molecule has 2 heterocycles. The van der Waals surface area contributed by atoms with E-state index in [4.69, 9.17) is 14.4 Å². The summed E-state index contributed by atoms with van der Waals surface area (Å²) in [4.78, 5) is 10.3. The van der Waals surface area contributed by atoms with Crippen LogP contribution in [0, 0.1) is 0 Å². The van der Waals surface area contributed by atoms with Crippen LogP contribution in [0.25, 0.3) is 89.2 Å². The summed E-state index contributed by atoms with van der Waals surface area (Å²) in [7, 11) is 0. The molecule has 3 nitrogen and oxygen atoms in total. The summed E-state index contributed by atoms with van der Waals surface area (Å²) in [6, 6.07) is 60.8. The Morgan fingerprint density at radius 2 is 1.02 bits per heavy atom. The molecule has 262 valence electrons. The molecule has 0 amide bonds. The normalized spacial score (nSPS) is 14.3. The molecule has 0 atom stereocenters. The van der Waals surface area contributed by atoms with Crippen LogP contribution in [0.1, 0.15) is 43.2 Å². The van der Waals surface area contributed by atoms with Crippen molar-refractivity contribution in [2.75, 3.05) is 0 Å². The van der Waals surface area contributed by atoms with Crippen LogP contribution in [0.4, 0.5) is 0 Å². The highest BCUT2D eigenvalue weighted by molar-refractivity contribution is 6.10. The first kappa shape index (κ1) is 31.9. The number of benzene rings is 7. The average molecular weight is 707 g/mol. The minimum atomic E-state index is 0.107. The predicted octanol–water partition coefficient (Wildman–Crippen LogP) is 13.9. The quantitative estimate of drug-likeness (QED) is 0.179. The topological polar surface area (TPSA) is 38.9 Å². The van der Waals surface area contributed by atoms with E-state index in [-0.39, 0.29) is 5.41 Å². The molecule has 2 aliphatic rings. The van der Waals surface area contributed by atoms with Crippen LogP contribution in [-0.2, 0) is 5.41 Å². The standard InChI is InChI=1S/C52H38N2O/c1-4-13-34(14-5-1)35-21-23-37(24-22-35)51-53-47(36-15-6-2-7-16-36)33-48(54-51)39-26-28-49-44(31-39)43-19-12-18-40(50(43)55-49)38-25-27-42-41-17-8-9-20-45(41)52(46(42)32-38)29-10-3-11-30-52/h1-2,4-9,12-28,31-33H,3,10-11,29-30H2. The molecule has 0 aliphatic heterocycles. The zero-order valence-electron chi connectivity index (χ0n) is 30.5. The Morgan fingerprint density at radius 3 is 1.82 bits per heavy atom. The third kappa shape index (κ3) is 5.26. The van der Waals surface area contributed by atoms with Gasteiger partial charge in [-0.2, -0.15) is 0 Å². The third-order valence-corrected chi connectivity index (χ3v) is 12.1. The van der Waals surface area contributed by atoms with E-state index in [2.05, 4.69) is 158 Å². The van der Waals surface area contributed by atoms with E-state index in [0.29, 0.717) is 5.82 Å². The van der Waals surface area contributed by atoms with Crippen molar-refractivity contribution < 1.29 is 4.42 Å². The van der Waals surface area contributed by atoms with Gasteiger partial charge in [-0.3, -0.25) is 0 Å². The smallest absolute Gasteiger partial charge is 0.160 e. The molecule has 0 saturated heterocycles. The summed E-state index contributed by atoms with van der Waals surface area (Å²) in [6.45, 7) is 0. The van der Waals surface area contributed by atoms with E-state index in [0.717, 1.165) is 55.6 Å². The number of hydrogen-bond donors (Lipinski definition) is 0. The molecule has 1 saturated carbocycles. The Kier molecular flexibility index (Phi) is 7.41. The minimum absolute atomic E-state index is 0.107. The van der Waals surface area contributed by atoms with Crippen molar-refractivity contribution in [2.24, 2.45) is 0 Å². The Labute approximate surface area is 321 Å². The molecule has 55 heavy (non-hydrogen) atoms. The third-order valence-electron chi connectivity index (χ3n) is 12.1. The maximum Gasteiger partial charge on any atom is 0.160 e. The molecule has 9 aromatic rings. The summed E-state index contributed by atoms with van der Waals surface area (Å²) >= 11 is 0. The van der Waals surface area contributed by atoms with Gasteiger partial charge in [0.1, 0.15) is 11.2 Å². The summed E-state index contributed by atoms with van der Waals surface area (Å²) < 4.78 is 6.75. The van der Waals surface area contributed by atoms with Gasteiger partial charge in [0.15, 0.2) is 5.82 Å². The first-order chi connectivity index (χ1) is 27.2. The van der Waals surface area contributed by atoms with Gasteiger partial charge in [-0.25, -0.2) is 9.97 Å². The maximum atomic E-state index is 6.75. The maximum absolute atomic E-state index is 6.75. The lowest BCUT2D eigenvalue weighted by molar-refractivity contribution is 0.353. The van der Waals surface area contributed by atoms with Crippen molar-refractivity contribution in [3.05, 3.63) is 181 Å². The Hall–Kier alpha value is -6.58. The molecule has 1 fully saturated rings. The van der Waals surface area contributed by atoms with Crippen LogP contribution in [0.15, 0.2) is 174 Å². The number of para-hydroxylation sites is 1. The van der Waals surface area contributed by atoms with E-state index in [1.807, 2.05) is 12.1 Å². The number of rotatable bonds is 5. The van der Waals surface area contributed by atoms with Crippen molar-refractivity contribution in [3.63, 3.8) is 0 Å². The van der Waals surface area contributed by atoms with Crippen LogP contribution in [-0.4, -0.2) is 9.97 Å². The molecule has 0 unspecified atom stereocenters. The van der Waals surface area contributed by atoms with Gasteiger partial charge in [-0.1, -0.05) is 159 Å². The minimum Gasteiger partial charge on any atom is -0.455 e. The number of fused-ring (bicyclic) bond motifs is 8. The van der Waals surface area contributed by atoms with E-state index >= 15 is 0 Å². The van der Waals surface area contributed by atoms with Crippen molar-refractivity contribution in [1.82, 2.24) is 9.97 Å². The van der Waals surface area contributed by atoms with Gasteiger partial charge in [-0.05, 0) is 82.1 Å². The second kappa shape index (κ2) is 12.8. The number of aromatic nitrogens is 2. The van der Waals surface area contributed by atoms with Crippen LogP contribution in [0.2, 0.25) is 0 Å². The predicted molar refractivity (Wildman–Crippen MR) is 226 cm³/mol. The fourth-order valence-corrected chi connectivity index (χ4v) is 9.43. The number of nitrogens with zero attached hydrogens (tertiary/aromatic N) is 2. The lowest BCUT2D eigenvalue weighted by Crippen LogP contribution is -2.28. The highest BCUT2D eigenvalue weighted by Crippen LogP contribution is 2.56. The Bertz CT molecular complexity index is 2880. The molecule has 11 rings (SSSR count). The summed E-state index contributed by atoms with van der Waals surface area (Å²) in [6.07, 6.45) is 6.31. The van der Waals surface area contributed by atoms with Gasteiger partial charge in [0.05, 0.1) is 11.4 Å². The van der Waals surface area contributed by atoms with Crippen LogP contribution < -0.4 is 0 Å². The number of furan rings is 1. The molecule has 3 heteroatoms. The van der Waals surface area contributed by atoms with Gasteiger partial charge in [0.25, 0.3) is 0 Å². The van der Waals surface area contributed by atoms with Crippen LogP contribution in [0.3, 0.4) is 0 Å². The van der Waals surface area contributed by atoms with Gasteiger partial charge < -0.3 is 4.42 Å². The number of hydrogen-bond acceptors (Lipinski definition) is 3. The highest BCUT2D eigenvalue weighted by Gasteiger charge is 2.43. The SMILES string of the molecule is c1ccc(-c2ccc(-c3nc(-c4ccccc4)cc(-c4ccc5oc6c(-c7ccc8c(c7)C7(CCCCC7)c7ccccc7-8)cccc6c5c4)n3)cc2)cc1. The van der Waals surface area contributed by atoms with Gasteiger partial charge in [0.2, 0.25) is 0 Å². The molecule has 2 aromatic heterocycles. The highest BCUT2D eigenvalue weighted by atomic mass is 16.3. The summed E-state index contributed by atoms with van der Waals surface area (Å²) in [5, 5.41) is 2.19. The van der Waals surface area contributed by atoms with Crippen molar-refractivity contribution >= 4 is 21.9 Å². The molecule has 2 aliphatic carbocycles.